The highest BCUT2D eigenvalue weighted by Gasteiger charge is 2.32. The zero-order valence-electron chi connectivity index (χ0n) is 14.0. The van der Waals surface area contributed by atoms with Gasteiger partial charge in [0.1, 0.15) is 5.82 Å². The van der Waals surface area contributed by atoms with Crippen LogP contribution < -0.4 is 5.32 Å². The SMILES string of the molecule is N#Cc1ccc(NC(=O)N2CCC[C@H](C(=O)N3CCCC3)C2)c(F)c1. The topological polar surface area (TPSA) is 76.4 Å². The summed E-state index contributed by atoms with van der Waals surface area (Å²) in [6, 6.07) is 5.36. The van der Waals surface area contributed by atoms with Crippen LogP contribution in [0.25, 0.3) is 0 Å². The van der Waals surface area contributed by atoms with Crippen LogP contribution in [-0.4, -0.2) is 47.9 Å². The first kappa shape index (κ1) is 17.2. The summed E-state index contributed by atoms with van der Waals surface area (Å²) < 4.78 is 13.9. The third-order valence-electron chi connectivity index (χ3n) is 4.82. The van der Waals surface area contributed by atoms with Gasteiger partial charge in [0.2, 0.25) is 5.91 Å². The molecule has 0 spiro atoms. The van der Waals surface area contributed by atoms with Crippen molar-refractivity contribution in [3.63, 3.8) is 0 Å². The van der Waals surface area contributed by atoms with Gasteiger partial charge in [-0.2, -0.15) is 5.26 Å². The molecule has 1 N–H and O–H groups in total. The van der Waals surface area contributed by atoms with Crippen molar-refractivity contribution in [2.24, 2.45) is 5.92 Å². The number of urea groups is 1. The van der Waals surface area contributed by atoms with Gasteiger partial charge in [0.05, 0.1) is 23.2 Å². The Morgan fingerprint density at radius 2 is 1.88 bits per heavy atom. The second-order valence-corrected chi connectivity index (χ2v) is 6.55. The number of nitrogens with zero attached hydrogens (tertiary/aromatic N) is 3. The molecule has 2 heterocycles. The predicted octanol–water partition coefficient (Wildman–Crippen LogP) is 2.56. The zero-order valence-corrected chi connectivity index (χ0v) is 14.0. The Morgan fingerprint density at radius 1 is 1.16 bits per heavy atom. The number of anilines is 1. The van der Waals surface area contributed by atoms with Gasteiger partial charge in [0.15, 0.2) is 0 Å². The van der Waals surface area contributed by atoms with E-state index in [0.29, 0.717) is 13.1 Å². The summed E-state index contributed by atoms with van der Waals surface area (Å²) in [7, 11) is 0. The highest BCUT2D eigenvalue weighted by molar-refractivity contribution is 5.90. The number of amides is 3. The van der Waals surface area contributed by atoms with Gasteiger partial charge < -0.3 is 15.1 Å². The summed E-state index contributed by atoms with van der Waals surface area (Å²) in [5.74, 6) is -0.697. The number of hydrogen-bond acceptors (Lipinski definition) is 3. The van der Waals surface area contributed by atoms with Crippen LogP contribution in [0.5, 0.6) is 0 Å². The Balaban J connectivity index is 1.62. The number of hydrogen-bond donors (Lipinski definition) is 1. The van der Waals surface area contributed by atoms with E-state index in [9.17, 15) is 14.0 Å². The van der Waals surface area contributed by atoms with E-state index in [4.69, 9.17) is 5.26 Å². The number of carbonyl (C=O) groups excluding carboxylic acids is 2. The van der Waals surface area contributed by atoms with Crippen molar-refractivity contribution in [3.05, 3.63) is 29.6 Å². The molecule has 6 nitrogen and oxygen atoms in total. The molecular formula is C18H21FN4O2. The van der Waals surface area contributed by atoms with Crippen molar-refractivity contribution in [1.29, 1.82) is 5.26 Å². The van der Waals surface area contributed by atoms with E-state index in [1.165, 1.54) is 12.1 Å². The Labute approximate surface area is 146 Å². The number of halogens is 1. The molecule has 0 unspecified atom stereocenters. The van der Waals surface area contributed by atoms with Gasteiger partial charge in [-0.1, -0.05) is 0 Å². The smallest absolute Gasteiger partial charge is 0.321 e. The fourth-order valence-corrected chi connectivity index (χ4v) is 3.44. The highest BCUT2D eigenvalue weighted by atomic mass is 19.1. The van der Waals surface area contributed by atoms with Crippen molar-refractivity contribution >= 4 is 17.6 Å². The molecule has 2 aliphatic heterocycles. The average molecular weight is 344 g/mol. The number of carbonyl (C=O) groups is 2. The van der Waals surface area contributed by atoms with Crippen molar-refractivity contribution < 1.29 is 14.0 Å². The minimum atomic E-state index is -0.644. The molecule has 2 saturated heterocycles. The van der Waals surface area contributed by atoms with E-state index < -0.39 is 11.8 Å². The molecule has 2 aliphatic rings. The van der Waals surface area contributed by atoms with Crippen molar-refractivity contribution in [2.45, 2.75) is 25.7 Å². The lowest BCUT2D eigenvalue weighted by Crippen LogP contribution is -2.47. The maximum absolute atomic E-state index is 13.9. The van der Waals surface area contributed by atoms with Gasteiger partial charge in [-0.3, -0.25) is 4.79 Å². The Morgan fingerprint density at radius 3 is 2.56 bits per heavy atom. The standard InChI is InChI=1S/C18H21FN4O2/c19-15-10-13(11-20)5-6-16(15)21-18(25)23-9-3-4-14(12-23)17(24)22-7-1-2-8-22/h5-6,10,14H,1-4,7-9,12H2,(H,21,25)/t14-/m0/s1. The quantitative estimate of drug-likeness (QED) is 0.896. The molecule has 0 saturated carbocycles. The lowest BCUT2D eigenvalue weighted by Gasteiger charge is -2.33. The maximum Gasteiger partial charge on any atom is 0.321 e. The lowest BCUT2D eigenvalue weighted by atomic mass is 9.97. The van der Waals surface area contributed by atoms with Crippen LogP contribution in [0.4, 0.5) is 14.9 Å². The number of nitriles is 1. The van der Waals surface area contributed by atoms with E-state index in [1.807, 2.05) is 11.0 Å². The number of nitrogens with one attached hydrogen (secondary N) is 1. The van der Waals surface area contributed by atoms with E-state index in [-0.39, 0.29) is 23.1 Å². The molecule has 1 atom stereocenters. The Bertz CT molecular complexity index is 710. The zero-order chi connectivity index (χ0) is 17.8. The van der Waals surface area contributed by atoms with Crippen LogP contribution in [0.15, 0.2) is 18.2 Å². The largest absolute Gasteiger partial charge is 0.342 e. The molecule has 0 aliphatic carbocycles. The number of piperidine rings is 1. The molecule has 7 heteroatoms. The third-order valence-corrected chi connectivity index (χ3v) is 4.82. The molecule has 1 aromatic rings. The van der Waals surface area contributed by atoms with E-state index in [1.54, 1.807) is 4.90 Å². The monoisotopic (exact) mass is 344 g/mol. The Hall–Kier alpha value is -2.62. The van der Waals surface area contributed by atoms with Gasteiger partial charge in [-0.15, -0.1) is 0 Å². The third kappa shape index (κ3) is 3.90. The summed E-state index contributed by atoms with van der Waals surface area (Å²) in [4.78, 5) is 28.4. The summed E-state index contributed by atoms with van der Waals surface area (Å²) in [5, 5.41) is 11.3. The second kappa shape index (κ2) is 7.51. The van der Waals surface area contributed by atoms with Crippen LogP contribution in [0.1, 0.15) is 31.2 Å². The van der Waals surface area contributed by atoms with Gasteiger partial charge in [-0.25, -0.2) is 9.18 Å². The van der Waals surface area contributed by atoms with Crippen LogP contribution in [0.3, 0.4) is 0 Å². The average Bonchev–Trinajstić information content (AvgIpc) is 3.17. The fraction of sp³-hybridized carbons (Fsp3) is 0.500. The minimum Gasteiger partial charge on any atom is -0.342 e. The van der Waals surface area contributed by atoms with Gasteiger partial charge in [0.25, 0.3) is 0 Å². The molecule has 0 radical (unpaired) electrons. The van der Waals surface area contributed by atoms with Gasteiger partial charge in [0, 0.05) is 26.2 Å². The molecule has 3 rings (SSSR count). The Kier molecular flexibility index (Phi) is 5.17. The number of benzene rings is 1. The first-order valence-corrected chi connectivity index (χ1v) is 8.63. The highest BCUT2D eigenvalue weighted by Crippen LogP contribution is 2.23. The first-order valence-electron chi connectivity index (χ1n) is 8.63. The normalized spacial score (nSPS) is 20.2. The number of rotatable bonds is 2. The van der Waals surface area contributed by atoms with Crippen molar-refractivity contribution in [1.82, 2.24) is 9.80 Å². The molecule has 1 aromatic carbocycles. The van der Waals surface area contributed by atoms with Crippen LogP contribution >= 0.6 is 0 Å². The molecule has 0 aromatic heterocycles. The molecule has 132 valence electrons. The van der Waals surface area contributed by atoms with Crippen LogP contribution in [-0.2, 0) is 4.79 Å². The summed E-state index contributed by atoms with van der Waals surface area (Å²) in [5.41, 5.74) is 0.238. The predicted molar refractivity (Wildman–Crippen MR) is 90.2 cm³/mol. The van der Waals surface area contributed by atoms with E-state index in [2.05, 4.69) is 5.32 Å². The van der Waals surface area contributed by atoms with Crippen molar-refractivity contribution in [3.8, 4) is 6.07 Å². The van der Waals surface area contributed by atoms with Crippen LogP contribution in [0.2, 0.25) is 0 Å². The van der Waals surface area contributed by atoms with Gasteiger partial charge in [-0.05, 0) is 43.9 Å². The second-order valence-electron chi connectivity index (χ2n) is 6.55. The molecule has 3 amide bonds. The summed E-state index contributed by atoms with van der Waals surface area (Å²) in [6.45, 7) is 2.52. The summed E-state index contributed by atoms with van der Waals surface area (Å²) in [6.07, 6.45) is 3.62. The molecule has 0 bridgehead atoms. The molecular weight excluding hydrogens is 323 g/mol. The van der Waals surface area contributed by atoms with E-state index >= 15 is 0 Å². The molecule has 2 fully saturated rings. The molecule has 25 heavy (non-hydrogen) atoms. The fourth-order valence-electron chi connectivity index (χ4n) is 3.44. The lowest BCUT2D eigenvalue weighted by molar-refractivity contribution is -0.135. The van der Waals surface area contributed by atoms with Crippen molar-refractivity contribution in [2.75, 3.05) is 31.5 Å². The minimum absolute atomic E-state index is 0.0389. The maximum atomic E-state index is 13.9. The van der Waals surface area contributed by atoms with E-state index in [0.717, 1.165) is 44.8 Å². The van der Waals surface area contributed by atoms with Gasteiger partial charge >= 0.3 is 6.03 Å². The number of likely N-dealkylation sites (tertiary alicyclic amines) is 2. The summed E-state index contributed by atoms with van der Waals surface area (Å²) >= 11 is 0. The first-order chi connectivity index (χ1) is 12.1. The van der Waals surface area contributed by atoms with Crippen LogP contribution in [0, 0.1) is 23.1 Å².